The fourth-order valence-electron chi connectivity index (χ4n) is 3.91. The first kappa shape index (κ1) is 17.9. The first-order valence-electron chi connectivity index (χ1n) is 9.34. The largest absolute Gasteiger partial charge is 0.493 e. The SMILES string of the molecule is COc1ccc(-c2cnn3cc4c(nc23)CC(c2cccs2)CC4=O)cc1OC. The van der Waals surface area contributed by atoms with Gasteiger partial charge in [-0.3, -0.25) is 4.79 Å². The van der Waals surface area contributed by atoms with Crippen molar-refractivity contribution in [1.82, 2.24) is 14.6 Å². The number of ether oxygens (including phenoxy) is 2. The van der Waals surface area contributed by atoms with E-state index in [9.17, 15) is 4.79 Å². The molecule has 0 spiro atoms. The Morgan fingerprint density at radius 1 is 1.10 bits per heavy atom. The summed E-state index contributed by atoms with van der Waals surface area (Å²) in [5.41, 5.74) is 4.07. The van der Waals surface area contributed by atoms with Gasteiger partial charge in [-0.2, -0.15) is 5.10 Å². The van der Waals surface area contributed by atoms with E-state index in [2.05, 4.69) is 16.5 Å². The molecule has 0 saturated heterocycles. The van der Waals surface area contributed by atoms with Crippen LogP contribution in [0.1, 0.15) is 33.3 Å². The van der Waals surface area contributed by atoms with Gasteiger partial charge in [0.2, 0.25) is 0 Å². The molecule has 1 aromatic carbocycles. The molecule has 1 unspecified atom stereocenters. The highest BCUT2D eigenvalue weighted by Gasteiger charge is 2.29. The number of hydrogen-bond acceptors (Lipinski definition) is 6. The fourth-order valence-corrected chi connectivity index (χ4v) is 4.74. The van der Waals surface area contributed by atoms with Gasteiger partial charge in [0.25, 0.3) is 0 Å². The van der Waals surface area contributed by atoms with E-state index in [0.29, 0.717) is 23.5 Å². The van der Waals surface area contributed by atoms with Crippen LogP contribution in [0.5, 0.6) is 11.5 Å². The lowest BCUT2D eigenvalue weighted by Gasteiger charge is -2.22. The number of methoxy groups -OCH3 is 2. The van der Waals surface area contributed by atoms with Gasteiger partial charge in [0.1, 0.15) is 0 Å². The van der Waals surface area contributed by atoms with Crippen molar-refractivity contribution in [2.45, 2.75) is 18.8 Å². The van der Waals surface area contributed by atoms with Crippen molar-refractivity contribution < 1.29 is 14.3 Å². The maximum absolute atomic E-state index is 12.8. The fraction of sp³-hybridized carbons (Fsp3) is 0.227. The molecule has 146 valence electrons. The zero-order valence-electron chi connectivity index (χ0n) is 16.1. The third kappa shape index (κ3) is 2.98. The lowest BCUT2D eigenvalue weighted by molar-refractivity contribution is 0.0963. The summed E-state index contributed by atoms with van der Waals surface area (Å²) in [5.74, 6) is 1.64. The van der Waals surface area contributed by atoms with Gasteiger partial charge < -0.3 is 9.47 Å². The third-order valence-electron chi connectivity index (χ3n) is 5.38. The van der Waals surface area contributed by atoms with Gasteiger partial charge in [-0.15, -0.1) is 11.3 Å². The molecule has 0 saturated carbocycles. The van der Waals surface area contributed by atoms with Crippen LogP contribution in [-0.2, 0) is 6.42 Å². The van der Waals surface area contributed by atoms with Crippen LogP contribution in [0.2, 0.25) is 0 Å². The molecular weight excluding hydrogens is 386 g/mol. The number of benzene rings is 1. The molecule has 0 N–H and O–H groups in total. The normalized spacial score (nSPS) is 16.1. The second-order valence-corrected chi connectivity index (χ2v) is 8.02. The molecule has 0 aliphatic heterocycles. The van der Waals surface area contributed by atoms with Crippen LogP contribution in [0.25, 0.3) is 16.8 Å². The zero-order valence-corrected chi connectivity index (χ0v) is 16.9. The molecule has 0 amide bonds. The first-order valence-corrected chi connectivity index (χ1v) is 10.2. The van der Waals surface area contributed by atoms with Crippen molar-refractivity contribution in [3.63, 3.8) is 0 Å². The van der Waals surface area contributed by atoms with Crippen LogP contribution in [-0.4, -0.2) is 34.6 Å². The topological polar surface area (TPSA) is 65.7 Å². The Balaban J connectivity index is 1.60. The summed E-state index contributed by atoms with van der Waals surface area (Å²) in [6.07, 6.45) is 4.87. The highest BCUT2D eigenvalue weighted by atomic mass is 32.1. The minimum absolute atomic E-state index is 0.127. The Hall–Kier alpha value is -3.19. The van der Waals surface area contributed by atoms with Crippen molar-refractivity contribution in [2.75, 3.05) is 14.2 Å². The minimum Gasteiger partial charge on any atom is -0.493 e. The van der Waals surface area contributed by atoms with E-state index in [1.807, 2.05) is 30.5 Å². The summed E-state index contributed by atoms with van der Waals surface area (Å²) in [6.45, 7) is 0. The average molecular weight is 405 g/mol. The van der Waals surface area contributed by atoms with Crippen molar-refractivity contribution in [1.29, 1.82) is 0 Å². The maximum atomic E-state index is 12.8. The summed E-state index contributed by atoms with van der Waals surface area (Å²) in [4.78, 5) is 18.9. The molecule has 1 aliphatic rings. The molecule has 29 heavy (non-hydrogen) atoms. The highest BCUT2D eigenvalue weighted by molar-refractivity contribution is 7.10. The number of thiophene rings is 1. The Morgan fingerprint density at radius 2 is 1.97 bits per heavy atom. The van der Waals surface area contributed by atoms with Gasteiger partial charge in [0.05, 0.1) is 31.7 Å². The molecule has 6 nitrogen and oxygen atoms in total. The lowest BCUT2D eigenvalue weighted by atomic mass is 9.85. The predicted molar refractivity (Wildman–Crippen MR) is 111 cm³/mol. The molecule has 0 radical (unpaired) electrons. The Kier molecular flexibility index (Phi) is 4.32. The Labute approximate surface area is 171 Å². The summed E-state index contributed by atoms with van der Waals surface area (Å²) in [5, 5.41) is 6.49. The van der Waals surface area contributed by atoms with Crippen LogP contribution in [0.3, 0.4) is 0 Å². The van der Waals surface area contributed by atoms with Gasteiger partial charge >= 0.3 is 0 Å². The molecular formula is C22H19N3O3S. The molecule has 3 heterocycles. The molecule has 1 atom stereocenters. The number of carbonyl (C=O) groups excluding carboxylic acids is 1. The van der Waals surface area contributed by atoms with Crippen LogP contribution < -0.4 is 9.47 Å². The highest BCUT2D eigenvalue weighted by Crippen LogP contribution is 2.36. The summed E-state index contributed by atoms with van der Waals surface area (Å²) in [7, 11) is 3.23. The Morgan fingerprint density at radius 3 is 2.72 bits per heavy atom. The number of aromatic nitrogens is 3. The zero-order chi connectivity index (χ0) is 20.0. The smallest absolute Gasteiger partial charge is 0.166 e. The number of fused-ring (bicyclic) bond motifs is 2. The van der Waals surface area contributed by atoms with Gasteiger partial charge in [-0.05, 0) is 35.6 Å². The summed E-state index contributed by atoms with van der Waals surface area (Å²) >= 11 is 1.70. The van der Waals surface area contributed by atoms with Crippen LogP contribution in [0, 0.1) is 0 Å². The molecule has 0 bridgehead atoms. The van der Waals surface area contributed by atoms with Crippen LogP contribution >= 0.6 is 11.3 Å². The van der Waals surface area contributed by atoms with Gasteiger partial charge in [-0.1, -0.05) is 12.1 Å². The van der Waals surface area contributed by atoms with Crippen molar-refractivity contribution in [3.05, 3.63) is 64.2 Å². The van der Waals surface area contributed by atoms with Crippen LogP contribution in [0.15, 0.2) is 48.1 Å². The van der Waals surface area contributed by atoms with E-state index in [-0.39, 0.29) is 11.7 Å². The van der Waals surface area contributed by atoms with Gasteiger partial charge in [0.15, 0.2) is 22.9 Å². The quantitative estimate of drug-likeness (QED) is 0.504. The van der Waals surface area contributed by atoms with E-state index < -0.39 is 0 Å². The number of nitrogens with zero attached hydrogens (tertiary/aromatic N) is 3. The molecule has 7 heteroatoms. The van der Waals surface area contributed by atoms with Crippen molar-refractivity contribution >= 4 is 22.8 Å². The summed E-state index contributed by atoms with van der Waals surface area (Å²) in [6, 6.07) is 9.87. The lowest BCUT2D eigenvalue weighted by Crippen LogP contribution is -2.20. The summed E-state index contributed by atoms with van der Waals surface area (Å²) < 4.78 is 12.5. The Bertz CT molecular complexity index is 1210. The number of ketones is 1. The number of hydrogen-bond donors (Lipinski definition) is 0. The second-order valence-electron chi connectivity index (χ2n) is 7.04. The molecule has 1 aliphatic carbocycles. The number of Topliss-reactive ketones (excluding diaryl/α,β-unsaturated/α-hetero) is 1. The third-order valence-corrected chi connectivity index (χ3v) is 6.42. The first-order chi connectivity index (χ1) is 14.2. The van der Waals surface area contributed by atoms with Crippen molar-refractivity contribution in [3.8, 4) is 22.6 Å². The van der Waals surface area contributed by atoms with Crippen LogP contribution in [0.4, 0.5) is 0 Å². The van der Waals surface area contributed by atoms with E-state index in [0.717, 1.165) is 28.9 Å². The second kappa shape index (κ2) is 7.00. The average Bonchev–Trinajstić information content (AvgIpc) is 3.42. The van der Waals surface area contributed by atoms with E-state index in [1.165, 1.54) is 4.88 Å². The number of carbonyl (C=O) groups is 1. The molecule has 3 aromatic heterocycles. The van der Waals surface area contributed by atoms with Crippen molar-refractivity contribution in [2.24, 2.45) is 0 Å². The minimum atomic E-state index is 0.127. The molecule has 4 aromatic rings. The molecule has 0 fully saturated rings. The van der Waals surface area contributed by atoms with Gasteiger partial charge in [-0.25, -0.2) is 9.50 Å². The standard InChI is InChI=1S/C22H19N3O3S/c1-27-19-6-5-13(10-20(19)28-2)15-11-23-25-12-16-17(24-22(15)25)8-14(9-18(16)26)21-4-3-7-29-21/h3-7,10-12,14H,8-9H2,1-2H3. The monoisotopic (exact) mass is 405 g/mol. The predicted octanol–water partition coefficient (Wildman–Crippen LogP) is 4.39. The number of rotatable bonds is 4. The van der Waals surface area contributed by atoms with E-state index >= 15 is 0 Å². The van der Waals surface area contributed by atoms with E-state index in [1.54, 1.807) is 36.3 Å². The maximum Gasteiger partial charge on any atom is 0.166 e. The van der Waals surface area contributed by atoms with Gasteiger partial charge in [0, 0.05) is 29.0 Å². The molecule has 5 rings (SSSR count). The van der Waals surface area contributed by atoms with E-state index in [4.69, 9.17) is 14.5 Å².